The second-order valence-corrected chi connectivity index (χ2v) is 4.73. The lowest BCUT2D eigenvalue weighted by Gasteiger charge is -2.16. The van der Waals surface area contributed by atoms with Crippen LogP contribution in [0, 0.1) is 11.8 Å². The van der Waals surface area contributed by atoms with E-state index in [-0.39, 0.29) is 0 Å². The molecule has 0 aliphatic heterocycles. The molecule has 0 aliphatic carbocycles. The van der Waals surface area contributed by atoms with Gasteiger partial charge in [0.1, 0.15) is 0 Å². The molecule has 0 atom stereocenters. The first-order chi connectivity index (χ1) is 9.78. The second-order valence-electron chi connectivity index (χ2n) is 4.73. The van der Waals surface area contributed by atoms with Crippen molar-refractivity contribution < 1.29 is 0 Å². The summed E-state index contributed by atoms with van der Waals surface area (Å²) in [5, 5.41) is 0. The Balaban J connectivity index is 1.99. The van der Waals surface area contributed by atoms with Gasteiger partial charge in [0.2, 0.25) is 0 Å². The van der Waals surface area contributed by atoms with Crippen LogP contribution in [0.1, 0.15) is 16.7 Å². The highest BCUT2D eigenvalue weighted by Gasteiger charge is 2.02. The van der Waals surface area contributed by atoms with Crippen molar-refractivity contribution in [1.29, 1.82) is 0 Å². The first-order valence-electron chi connectivity index (χ1n) is 6.63. The Bertz CT molecular complexity index is 596. The van der Waals surface area contributed by atoms with E-state index in [1.807, 2.05) is 36.7 Å². The molecule has 0 fully saturated rings. The summed E-state index contributed by atoms with van der Waals surface area (Å²) in [6, 6.07) is 12.4. The summed E-state index contributed by atoms with van der Waals surface area (Å²) in [6.45, 7) is 2.19. The molecule has 102 valence electrons. The number of aromatic nitrogens is 1. The van der Waals surface area contributed by atoms with Gasteiger partial charge in [-0.15, -0.1) is 0 Å². The van der Waals surface area contributed by atoms with E-state index in [9.17, 15) is 0 Å². The SMILES string of the molecule is CN(Cc1ccncc1)Cc1cccc(C#CCN)c1. The predicted molar refractivity (Wildman–Crippen MR) is 81.8 cm³/mol. The number of hydrogen-bond donors (Lipinski definition) is 1. The zero-order chi connectivity index (χ0) is 14.2. The zero-order valence-corrected chi connectivity index (χ0v) is 11.7. The van der Waals surface area contributed by atoms with Crippen molar-refractivity contribution in [2.45, 2.75) is 13.1 Å². The average Bonchev–Trinajstić information content (AvgIpc) is 2.46. The van der Waals surface area contributed by atoms with E-state index in [0.717, 1.165) is 18.7 Å². The maximum absolute atomic E-state index is 5.39. The van der Waals surface area contributed by atoms with Gasteiger partial charge in [0, 0.05) is 31.0 Å². The molecule has 0 spiro atoms. The van der Waals surface area contributed by atoms with Crippen molar-refractivity contribution in [3.05, 3.63) is 65.5 Å². The zero-order valence-electron chi connectivity index (χ0n) is 11.7. The number of hydrogen-bond acceptors (Lipinski definition) is 3. The van der Waals surface area contributed by atoms with Gasteiger partial charge >= 0.3 is 0 Å². The molecule has 0 unspecified atom stereocenters. The van der Waals surface area contributed by atoms with Crippen molar-refractivity contribution >= 4 is 0 Å². The van der Waals surface area contributed by atoms with Crippen molar-refractivity contribution in [3.63, 3.8) is 0 Å². The summed E-state index contributed by atoms with van der Waals surface area (Å²) in [4.78, 5) is 6.30. The van der Waals surface area contributed by atoms with Gasteiger partial charge in [-0.05, 0) is 42.4 Å². The highest BCUT2D eigenvalue weighted by molar-refractivity contribution is 5.37. The third-order valence-electron chi connectivity index (χ3n) is 2.92. The maximum atomic E-state index is 5.39. The number of nitrogens with zero attached hydrogens (tertiary/aromatic N) is 2. The van der Waals surface area contributed by atoms with Gasteiger partial charge in [0.25, 0.3) is 0 Å². The van der Waals surface area contributed by atoms with E-state index < -0.39 is 0 Å². The van der Waals surface area contributed by atoms with Crippen LogP contribution < -0.4 is 5.73 Å². The van der Waals surface area contributed by atoms with E-state index in [2.05, 4.69) is 40.9 Å². The van der Waals surface area contributed by atoms with Gasteiger partial charge in [0.15, 0.2) is 0 Å². The smallest absolute Gasteiger partial charge is 0.0555 e. The number of benzene rings is 1. The highest BCUT2D eigenvalue weighted by atomic mass is 15.1. The van der Waals surface area contributed by atoms with Crippen molar-refractivity contribution in [3.8, 4) is 11.8 Å². The lowest BCUT2D eigenvalue weighted by Crippen LogP contribution is -2.17. The van der Waals surface area contributed by atoms with Gasteiger partial charge in [-0.3, -0.25) is 9.88 Å². The minimum atomic E-state index is 0.395. The Kier molecular flexibility index (Phi) is 5.31. The Morgan fingerprint density at radius 1 is 1.10 bits per heavy atom. The van der Waals surface area contributed by atoms with Crippen LogP contribution in [-0.2, 0) is 13.1 Å². The fourth-order valence-corrected chi connectivity index (χ4v) is 2.07. The quantitative estimate of drug-likeness (QED) is 0.860. The summed E-state index contributed by atoms with van der Waals surface area (Å²) in [5.74, 6) is 5.95. The molecule has 20 heavy (non-hydrogen) atoms. The van der Waals surface area contributed by atoms with Crippen molar-refractivity contribution in [2.24, 2.45) is 5.73 Å². The van der Waals surface area contributed by atoms with Crippen LogP contribution in [0.15, 0.2) is 48.8 Å². The minimum absolute atomic E-state index is 0.395. The van der Waals surface area contributed by atoms with Crippen LogP contribution in [0.5, 0.6) is 0 Å². The van der Waals surface area contributed by atoms with Crippen LogP contribution in [0.4, 0.5) is 0 Å². The molecule has 0 radical (unpaired) electrons. The molecule has 1 aromatic heterocycles. The summed E-state index contributed by atoms with van der Waals surface area (Å²) in [6.07, 6.45) is 3.65. The summed E-state index contributed by atoms with van der Waals surface area (Å²) in [5.41, 5.74) is 8.93. The van der Waals surface area contributed by atoms with Gasteiger partial charge in [0.05, 0.1) is 6.54 Å². The number of nitrogens with two attached hydrogens (primary N) is 1. The summed E-state index contributed by atoms with van der Waals surface area (Å²) in [7, 11) is 2.11. The van der Waals surface area contributed by atoms with Crippen LogP contribution in [0.25, 0.3) is 0 Å². The molecule has 1 heterocycles. The predicted octanol–water partition coefficient (Wildman–Crippen LogP) is 2.02. The normalized spacial score (nSPS) is 10.2. The van der Waals surface area contributed by atoms with Crippen LogP contribution in [-0.4, -0.2) is 23.5 Å². The lowest BCUT2D eigenvalue weighted by atomic mass is 10.1. The van der Waals surface area contributed by atoms with Gasteiger partial charge in [-0.2, -0.15) is 0 Å². The second kappa shape index (κ2) is 7.44. The fourth-order valence-electron chi connectivity index (χ4n) is 2.07. The molecule has 1 aromatic carbocycles. The van der Waals surface area contributed by atoms with E-state index in [0.29, 0.717) is 6.54 Å². The maximum Gasteiger partial charge on any atom is 0.0555 e. The van der Waals surface area contributed by atoms with E-state index >= 15 is 0 Å². The van der Waals surface area contributed by atoms with E-state index in [1.54, 1.807) is 0 Å². The molecule has 0 saturated carbocycles. The van der Waals surface area contributed by atoms with Gasteiger partial charge in [-0.25, -0.2) is 0 Å². The van der Waals surface area contributed by atoms with Gasteiger partial charge < -0.3 is 5.73 Å². The van der Waals surface area contributed by atoms with Crippen molar-refractivity contribution in [1.82, 2.24) is 9.88 Å². The monoisotopic (exact) mass is 265 g/mol. The lowest BCUT2D eigenvalue weighted by molar-refractivity contribution is 0.319. The molecular formula is C17H19N3. The summed E-state index contributed by atoms with van der Waals surface area (Å²) < 4.78 is 0. The van der Waals surface area contributed by atoms with Crippen molar-refractivity contribution in [2.75, 3.05) is 13.6 Å². The fraction of sp³-hybridized carbons (Fsp3) is 0.235. The van der Waals surface area contributed by atoms with E-state index in [4.69, 9.17) is 5.73 Å². The summed E-state index contributed by atoms with van der Waals surface area (Å²) >= 11 is 0. The molecular weight excluding hydrogens is 246 g/mol. The molecule has 3 nitrogen and oxygen atoms in total. The average molecular weight is 265 g/mol. The topological polar surface area (TPSA) is 42.2 Å². The molecule has 0 amide bonds. The molecule has 0 saturated heterocycles. The number of rotatable bonds is 4. The Morgan fingerprint density at radius 2 is 1.85 bits per heavy atom. The van der Waals surface area contributed by atoms with Crippen LogP contribution >= 0.6 is 0 Å². The Morgan fingerprint density at radius 3 is 2.60 bits per heavy atom. The van der Waals surface area contributed by atoms with Crippen LogP contribution in [0.2, 0.25) is 0 Å². The number of pyridine rings is 1. The molecule has 0 aliphatic rings. The Hall–Kier alpha value is -2.15. The molecule has 2 aromatic rings. The minimum Gasteiger partial charge on any atom is -0.320 e. The molecule has 2 N–H and O–H groups in total. The largest absolute Gasteiger partial charge is 0.320 e. The van der Waals surface area contributed by atoms with Gasteiger partial charge in [-0.1, -0.05) is 24.0 Å². The third-order valence-corrected chi connectivity index (χ3v) is 2.92. The highest BCUT2D eigenvalue weighted by Crippen LogP contribution is 2.09. The Labute approximate surface area is 120 Å². The molecule has 3 heteroatoms. The first kappa shape index (κ1) is 14.3. The molecule has 2 rings (SSSR count). The first-order valence-corrected chi connectivity index (χ1v) is 6.63. The molecule has 0 bridgehead atoms. The van der Waals surface area contributed by atoms with E-state index in [1.165, 1.54) is 11.1 Å². The van der Waals surface area contributed by atoms with Crippen LogP contribution in [0.3, 0.4) is 0 Å². The third kappa shape index (κ3) is 4.51. The standard InChI is InChI=1S/C17H19N3/c1-20(13-16-7-10-19-11-8-16)14-17-5-2-4-15(12-17)6-3-9-18/h2,4-5,7-8,10-12H,9,13-14,18H2,1H3.